The fourth-order valence-corrected chi connectivity index (χ4v) is 3.66. The molecule has 3 aromatic rings. The van der Waals surface area contributed by atoms with Crippen LogP contribution in [0, 0.1) is 5.82 Å². The van der Waals surface area contributed by atoms with Crippen LogP contribution in [0.1, 0.15) is 15.2 Å². The third-order valence-corrected chi connectivity index (χ3v) is 4.88. The Balaban J connectivity index is 1.52. The zero-order chi connectivity index (χ0) is 16.5. The maximum Gasteiger partial charge on any atom is 0.255 e. The van der Waals surface area contributed by atoms with Crippen LogP contribution in [0.2, 0.25) is 0 Å². The molecule has 0 radical (unpaired) electrons. The molecule has 0 spiro atoms. The molecule has 6 heteroatoms. The Morgan fingerprint density at radius 1 is 1.17 bits per heavy atom. The van der Waals surface area contributed by atoms with Gasteiger partial charge in [0.15, 0.2) is 11.5 Å². The molecule has 0 atom stereocenters. The van der Waals surface area contributed by atoms with E-state index in [0.29, 0.717) is 36.8 Å². The number of thiophene rings is 1. The number of ether oxygens (including phenoxy) is 2. The topological polar surface area (TPSA) is 47.6 Å². The molecule has 0 unspecified atom stereocenters. The summed E-state index contributed by atoms with van der Waals surface area (Å²) in [5, 5.41) is 3.73. The number of fused-ring (bicyclic) bond motifs is 2. The van der Waals surface area contributed by atoms with Crippen molar-refractivity contribution in [3.05, 3.63) is 58.7 Å². The molecule has 1 aromatic heterocycles. The monoisotopic (exact) mass is 343 g/mol. The second kappa shape index (κ2) is 6.13. The highest BCUT2D eigenvalue weighted by Crippen LogP contribution is 2.33. The second-order valence-corrected chi connectivity index (χ2v) is 6.58. The van der Waals surface area contributed by atoms with Crippen molar-refractivity contribution >= 4 is 27.3 Å². The summed E-state index contributed by atoms with van der Waals surface area (Å²) in [5.74, 6) is 0.593. The maximum atomic E-state index is 13.3. The van der Waals surface area contributed by atoms with E-state index >= 15 is 0 Å². The number of hydrogen-bond acceptors (Lipinski definition) is 4. The number of hydrogen-bond donors (Lipinski definition) is 1. The van der Waals surface area contributed by atoms with Gasteiger partial charge in [0.25, 0.3) is 5.91 Å². The maximum absolute atomic E-state index is 13.3. The number of rotatable bonds is 3. The molecular formula is C18H14FNO3S. The average molecular weight is 343 g/mol. The van der Waals surface area contributed by atoms with E-state index in [1.165, 1.54) is 23.5 Å². The van der Waals surface area contributed by atoms with Crippen LogP contribution in [0.25, 0.3) is 10.1 Å². The van der Waals surface area contributed by atoms with Crippen molar-refractivity contribution in [1.82, 2.24) is 5.32 Å². The summed E-state index contributed by atoms with van der Waals surface area (Å²) < 4.78 is 25.3. The highest BCUT2D eigenvalue weighted by Gasteiger charge is 2.20. The van der Waals surface area contributed by atoms with Crippen molar-refractivity contribution in [1.29, 1.82) is 0 Å². The van der Waals surface area contributed by atoms with Crippen LogP contribution in [-0.4, -0.2) is 19.1 Å². The van der Waals surface area contributed by atoms with Gasteiger partial charge in [-0.05, 0) is 41.8 Å². The Labute approximate surface area is 141 Å². The molecule has 2 heterocycles. The van der Waals surface area contributed by atoms with E-state index in [0.717, 1.165) is 15.0 Å². The first kappa shape index (κ1) is 15.0. The molecular weight excluding hydrogens is 329 g/mol. The first-order chi connectivity index (χ1) is 11.7. The Morgan fingerprint density at radius 3 is 2.96 bits per heavy atom. The van der Waals surface area contributed by atoms with Gasteiger partial charge in [-0.25, -0.2) is 4.39 Å². The van der Waals surface area contributed by atoms with E-state index < -0.39 is 0 Å². The number of carbonyl (C=O) groups is 1. The Hall–Kier alpha value is -2.60. The molecule has 4 nitrogen and oxygen atoms in total. The molecule has 0 fully saturated rings. The molecule has 1 N–H and O–H groups in total. The molecule has 0 saturated carbocycles. The van der Waals surface area contributed by atoms with Crippen LogP contribution in [-0.2, 0) is 6.54 Å². The SMILES string of the molecule is O=C(NCc1cc2cc(F)ccc2s1)c1cccc2c1OCCO2. The van der Waals surface area contributed by atoms with Gasteiger partial charge in [0.2, 0.25) is 0 Å². The number of para-hydroxylation sites is 1. The number of benzene rings is 2. The van der Waals surface area contributed by atoms with Crippen LogP contribution in [0.15, 0.2) is 42.5 Å². The first-order valence-corrected chi connectivity index (χ1v) is 8.37. The lowest BCUT2D eigenvalue weighted by Gasteiger charge is -2.20. The van der Waals surface area contributed by atoms with Crippen molar-refractivity contribution < 1.29 is 18.7 Å². The summed E-state index contributed by atoms with van der Waals surface area (Å²) in [7, 11) is 0. The summed E-state index contributed by atoms with van der Waals surface area (Å²) in [5.41, 5.74) is 0.458. The fraction of sp³-hybridized carbons (Fsp3) is 0.167. The van der Waals surface area contributed by atoms with Crippen LogP contribution in [0.5, 0.6) is 11.5 Å². The third kappa shape index (κ3) is 2.80. The standard InChI is InChI=1S/C18H14FNO3S/c19-12-4-5-16-11(8-12)9-13(24-16)10-20-18(21)14-2-1-3-15-17(14)23-7-6-22-15/h1-5,8-9H,6-7,10H2,(H,20,21). The summed E-state index contributed by atoms with van der Waals surface area (Å²) in [6.07, 6.45) is 0. The fourth-order valence-electron chi connectivity index (χ4n) is 2.67. The first-order valence-electron chi connectivity index (χ1n) is 7.55. The van der Waals surface area contributed by atoms with Crippen molar-refractivity contribution in [3.8, 4) is 11.5 Å². The van der Waals surface area contributed by atoms with E-state index in [9.17, 15) is 9.18 Å². The molecule has 1 aliphatic heterocycles. The number of halogens is 1. The van der Waals surface area contributed by atoms with Crippen molar-refractivity contribution in [2.24, 2.45) is 0 Å². The molecule has 4 rings (SSSR count). The lowest BCUT2D eigenvalue weighted by atomic mass is 10.1. The Kier molecular flexibility index (Phi) is 3.82. The minimum absolute atomic E-state index is 0.221. The van der Waals surface area contributed by atoms with E-state index in [4.69, 9.17) is 9.47 Å². The molecule has 0 saturated heterocycles. The van der Waals surface area contributed by atoms with Gasteiger partial charge in [0.05, 0.1) is 12.1 Å². The van der Waals surface area contributed by atoms with Crippen LogP contribution < -0.4 is 14.8 Å². The van der Waals surface area contributed by atoms with Crippen LogP contribution in [0.4, 0.5) is 4.39 Å². The van der Waals surface area contributed by atoms with E-state index in [1.807, 2.05) is 6.07 Å². The van der Waals surface area contributed by atoms with E-state index in [1.54, 1.807) is 24.3 Å². The molecule has 122 valence electrons. The Morgan fingerprint density at radius 2 is 2.04 bits per heavy atom. The van der Waals surface area contributed by atoms with Crippen molar-refractivity contribution in [2.75, 3.05) is 13.2 Å². The predicted molar refractivity (Wildman–Crippen MR) is 90.4 cm³/mol. The molecule has 1 aliphatic rings. The van der Waals surface area contributed by atoms with Gasteiger partial charge in [-0.1, -0.05) is 6.07 Å². The van der Waals surface area contributed by atoms with E-state index in [2.05, 4.69) is 5.32 Å². The van der Waals surface area contributed by atoms with Gasteiger partial charge in [-0.3, -0.25) is 4.79 Å². The Bertz CT molecular complexity index is 922. The summed E-state index contributed by atoms with van der Waals surface area (Å²) in [6, 6.07) is 11.8. The van der Waals surface area contributed by atoms with Crippen molar-refractivity contribution in [2.45, 2.75) is 6.54 Å². The van der Waals surface area contributed by atoms with Crippen LogP contribution >= 0.6 is 11.3 Å². The molecule has 2 aromatic carbocycles. The summed E-state index contributed by atoms with van der Waals surface area (Å²) in [6.45, 7) is 1.29. The minimum atomic E-state index is -0.260. The largest absolute Gasteiger partial charge is 0.486 e. The number of carbonyl (C=O) groups excluding carboxylic acids is 1. The molecule has 0 bridgehead atoms. The second-order valence-electron chi connectivity index (χ2n) is 5.41. The lowest BCUT2D eigenvalue weighted by Crippen LogP contribution is -2.25. The number of nitrogens with one attached hydrogen (secondary N) is 1. The summed E-state index contributed by atoms with van der Waals surface area (Å²) >= 11 is 1.53. The minimum Gasteiger partial charge on any atom is -0.486 e. The van der Waals surface area contributed by atoms with Gasteiger partial charge in [0.1, 0.15) is 19.0 Å². The molecule has 1 amide bonds. The average Bonchev–Trinajstić information content (AvgIpc) is 3.01. The zero-order valence-electron chi connectivity index (χ0n) is 12.7. The zero-order valence-corrected chi connectivity index (χ0v) is 13.5. The normalized spacial score (nSPS) is 13.0. The van der Waals surface area contributed by atoms with Crippen molar-refractivity contribution in [3.63, 3.8) is 0 Å². The van der Waals surface area contributed by atoms with Gasteiger partial charge in [-0.2, -0.15) is 0 Å². The van der Waals surface area contributed by atoms with Gasteiger partial charge < -0.3 is 14.8 Å². The van der Waals surface area contributed by atoms with Gasteiger partial charge in [0, 0.05) is 9.58 Å². The number of amides is 1. The lowest BCUT2D eigenvalue weighted by molar-refractivity contribution is 0.0940. The van der Waals surface area contributed by atoms with Gasteiger partial charge in [-0.15, -0.1) is 11.3 Å². The quantitative estimate of drug-likeness (QED) is 0.788. The highest BCUT2D eigenvalue weighted by molar-refractivity contribution is 7.19. The van der Waals surface area contributed by atoms with E-state index in [-0.39, 0.29) is 11.7 Å². The van der Waals surface area contributed by atoms with Crippen LogP contribution in [0.3, 0.4) is 0 Å². The highest BCUT2D eigenvalue weighted by atomic mass is 32.1. The van der Waals surface area contributed by atoms with Gasteiger partial charge >= 0.3 is 0 Å². The smallest absolute Gasteiger partial charge is 0.255 e. The predicted octanol–water partition coefficient (Wildman–Crippen LogP) is 3.74. The molecule has 24 heavy (non-hydrogen) atoms. The third-order valence-electron chi connectivity index (χ3n) is 3.76. The molecule has 0 aliphatic carbocycles. The summed E-state index contributed by atoms with van der Waals surface area (Å²) in [4.78, 5) is 13.4.